The molecule has 0 aliphatic rings. The highest BCUT2D eigenvalue weighted by Gasteiger charge is 2.14. The predicted octanol–water partition coefficient (Wildman–Crippen LogP) is 6.65. The van der Waals surface area contributed by atoms with Gasteiger partial charge in [-0.25, -0.2) is 9.97 Å². The van der Waals surface area contributed by atoms with Gasteiger partial charge in [-0.3, -0.25) is 0 Å². The number of thioether (sulfide) groups is 1. The zero-order valence-corrected chi connectivity index (χ0v) is 17.3. The van der Waals surface area contributed by atoms with Gasteiger partial charge < -0.3 is 0 Å². The van der Waals surface area contributed by atoms with E-state index in [1.54, 1.807) is 29.4 Å². The SMILES string of the molecule is CC(C)c1ccc(-c2csc3ncnc(SCc4cccc(C#N)c4)c23)cc1. The molecule has 0 unspecified atom stereocenters. The molecule has 28 heavy (non-hydrogen) atoms. The molecule has 3 nitrogen and oxygen atoms in total. The first-order valence-electron chi connectivity index (χ1n) is 9.10. The minimum absolute atomic E-state index is 0.520. The Balaban J connectivity index is 1.67. The van der Waals surface area contributed by atoms with Gasteiger partial charge in [-0.15, -0.1) is 23.1 Å². The van der Waals surface area contributed by atoms with Crippen LogP contribution in [0, 0.1) is 11.3 Å². The molecule has 2 heterocycles. The molecule has 0 N–H and O–H groups in total. The molecule has 138 valence electrons. The third kappa shape index (κ3) is 3.80. The molecule has 0 saturated heterocycles. The quantitative estimate of drug-likeness (QED) is 0.278. The first-order chi connectivity index (χ1) is 13.7. The van der Waals surface area contributed by atoms with Crippen molar-refractivity contribution in [3.63, 3.8) is 0 Å². The minimum atomic E-state index is 0.520. The molecule has 5 heteroatoms. The van der Waals surface area contributed by atoms with Gasteiger partial charge in [-0.1, -0.05) is 50.2 Å². The van der Waals surface area contributed by atoms with E-state index < -0.39 is 0 Å². The fourth-order valence-corrected chi connectivity index (χ4v) is 5.04. The van der Waals surface area contributed by atoms with E-state index in [9.17, 15) is 0 Å². The predicted molar refractivity (Wildman–Crippen MR) is 118 cm³/mol. The van der Waals surface area contributed by atoms with Crippen LogP contribution in [-0.4, -0.2) is 9.97 Å². The van der Waals surface area contributed by atoms with Crippen LogP contribution in [0.1, 0.15) is 36.5 Å². The highest BCUT2D eigenvalue weighted by atomic mass is 32.2. The summed E-state index contributed by atoms with van der Waals surface area (Å²) < 4.78 is 0. The van der Waals surface area contributed by atoms with Crippen LogP contribution < -0.4 is 0 Å². The van der Waals surface area contributed by atoms with Gasteiger partial charge in [0.2, 0.25) is 0 Å². The third-order valence-corrected chi connectivity index (χ3v) is 6.60. The lowest BCUT2D eigenvalue weighted by atomic mass is 9.99. The average molecular weight is 402 g/mol. The molecular formula is C23H19N3S2. The molecule has 0 aliphatic heterocycles. The topological polar surface area (TPSA) is 49.6 Å². The van der Waals surface area contributed by atoms with E-state index in [-0.39, 0.29) is 0 Å². The molecule has 0 amide bonds. The largest absolute Gasteiger partial charge is 0.229 e. The van der Waals surface area contributed by atoms with Crippen molar-refractivity contribution in [2.24, 2.45) is 0 Å². The summed E-state index contributed by atoms with van der Waals surface area (Å²) >= 11 is 3.34. The highest BCUT2D eigenvalue weighted by Crippen LogP contribution is 2.39. The van der Waals surface area contributed by atoms with E-state index >= 15 is 0 Å². The molecule has 4 rings (SSSR count). The van der Waals surface area contributed by atoms with Crippen molar-refractivity contribution < 1.29 is 0 Å². The van der Waals surface area contributed by atoms with Gasteiger partial charge >= 0.3 is 0 Å². The van der Waals surface area contributed by atoms with Gasteiger partial charge in [0, 0.05) is 16.7 Å². The molecule has 0 saturated carbocycles. The summed E-state index contributed by atoms with van der Waals surface area (Å²) in [6.07, 6.45) is 1.64. The first-order valence-corrected chi connectivity index (χ1v) is 11.0. The summed E-state index contributed by atoms with van der Waals surface area (Å²) in [6.45, 7) is 4.41. The molecule has 0 bridgehead atoms. The first kappa shape index (κ1) is 18.7. The summed E-state index contributed by atoms with van der Waals surface area (Å²) in [5, 5.41) is 13.4. The summed E-state index contributed by atoms with van der Waals surface area (Å²) in [5.74, 6) is 1.29. The van der Waals surface area contributed by atoms with Crippen LogP contribution in [0.5, 0.6) is 0 Å². The molecular weight excluding hydrogens is 382 g/mol. The van der Waals surface area contributed by atoms with E-state index in [0.29, 0.717) is 11.5 Å². The highest BCUT2D eigenvalue weighted by molar-refractivity contribution is 7.98. The maximum Gasteiger partial charge on any atom is 0.128 e. The lowest BCUT2D eigenvalue weighted by molar-refractivity contribution is 0.867. The number of thiophene rings is 1. The van der Waals surface area contributed by atoms with Gasteiger partial charge in [-0.05, 0) is 34.7 Å². The normalized spacial score (nSPS) is 11.1. The smallest absolute Gasteiger partial charge is 0.128 e. The van der Waals surface area contributed by atoms with Crippen molar-refractivity contribution in [1.82, 2.24) is 9.97 Å². The molecule has 0 spiro atoms. The van der Waals surface area contributed by atoms with Gasteiger partial charge in [0.15, 0.2) is 0 Å². The number of hydrogen-bond donors (Lipinski definition) is 0. The van der Waals surface area contributed by atoms with E-state index in [0.717, 1.165) is 26.6 Å². The van der Waals surface area contributed by atoms with E-state index in [1.807, 2.05) is 24.3 Å². The van der Waals surface area contributed by atoms with Crippen molar-refractivity contribution in [2.45, 2.75) is 30.5 Å². The van der Waals surface area contributed by atoms with Crippen LogP contribution in [0.3, 0.4) is 0 Å². The number of nitriles is 1. The van der Waals surface area contributed by atoms with E-state index in [2.05, 4.69) is 59.5 Å². The van der Waals surface area contributed by atoms with Crippen molar-refractivity contribution in [2.75, 3.05) is 0 Å². The Morgan fingerprint density at radius 2 is 1.93 bits per heavy atom. The van der Waals surface area contributed by atoms with Gasteiger partial charge in [0.1, 0.15) is 16.2 Å². The van der Waals surface area contributed by atoms with Gasteiger partial charge in [-0.2, -0.15) is 5.26 Å². The summed E-state index contributed by atoms with van der Waals surface area (Å²) in [5.41, 5.74) is 5.52. The van der Waals surface area contributed by atoms with Crippen molar-refractivity contribution >= 4 is 33.3 Å². The fraction of sp³-hybridized carbons (Fsp3) is 0.174. The van der Waals surface area contributed by atoms with Crippen LogP contribution in [-0.2, 0) is 5.75 Å². The number of hydrogen-bond acceptors (Lipinski definition) is 5. The second-order valence-electron chi connectivity index (χ2n) is 6.89. The molecule has 0 fully saturated rings. The summed E-state index contributed by atoms with van der Waals surface area (Å²) in [7, 11) is 0. The van der Waals surface area contributed by atoms with Crippen LogP contribution in [0.25, 0.3) is 21.3 Å². The zero-order chi connectivity index (χ0) is 19.5. The molecule has 0 atom stereocenters. The lowest BCUT2D eigenvalue weighted by Crippen LogP contribution is -1.89. The molecule has 4 aromatic rings. The Morgan fingerprint density at radius 1 is 1.11 bits per heavy atom. The average Bonchev–Trinajstić information content (AvgIpc) is 3.17. The van der Waals surface area contributed by atoms with Gasteiger partial charge in [0.25, 0.3) is 0 Å². The standard InChI is InChI=1S/C23H19N3S2/c1-15(2)18-6-8-19(9-7-18)20-13-28-23-21(20)22(25-14-26-23)27-12-17-5-3-4-16(10-17)11-24/h3-10,13-15H,12H2,1-2H3. The van der Waals surface area contributed by atoms with E-state index in [4.69, 9.17) is 5.26 Å². The zero-order valence-electron chi connectivity index (χ0n) is 15.7. The Bertz CT molecular complexity index is 1150. The number of nitrogens with zero attached hydrogens (tertiary/aromatic N) is 3. The Kier molecular flexibility index (Phi) is 5.43. The van der Waals surface area contributed by atoms with Crippen LogP contribution in [0.15, 0.2) is 65.3 Å². The number of benzene rings is 2. The maximum absolute atomic E-state index is 9.10. The van der Waals surface area contributed by atoms with E-state index in [1.165, 1.54) is 16.7 Å². The Morgan fingerprint density at radius 3 is 2.68 bits per heavy atom. The number of rotatable bonds is 5. The second kappa shape index (κ2) is 8.14. The maximum atomic E-state index is 9.10. The van der Waals surface area contributed by atoms with Crippen LogP contribution >= 0.6 is 23.1 Å². The molecule has 2 aromatic carbocycles. The van der Waals surface area contributed by atoms with Crippen LogP contribution in [0.4, 0.5) is 0 Å². The number of aromatic nitrogens is 2. The van der Waals surface area contributed by atoms with Crippen molar-refractivity contribution in [1.29, 1.82) is 5.26 Å². The van der Waals surface area contributed by atoms with Crippen molar-refractivity contribution in [3.8, 4) is 17.2 Å². The van der Waals surface area contributed by atoms with Gasteiger partial charge in [0.05, 0.1) is 17.0 Å². The molecule has 0 radical (unpaired) electrons. The monoisotopic (exact) mass is 401 g/mol. The Labute approximate surface area is 173 Å². The molecule has 2 aromatic heterocycles. The lowest BCUT2D eigenvalue weighted by Gasteiger charge is -2.08. The summed E-state index contributed by atoms with van der Waals surface area (Å²) in [4.78, 5) is 10.0. The summed E-state index contributed by atoms with van der Waals surface area (Å²) in [6, 6.07) is 18.7. The van der Waals surface area contributed by atoms with Crippen LogP contribution in [0.2, 0.25) is 0 Å². The fourth-order valence-electron chi connectivity index (χ4n) is 3.10. The number of fused-ring (bicyclic) bond motifs is 1. The second-order valence-corrected chi connectivity index (χ2v) is 8.71. The third-order valence-electron chi connectivity index (χ3n) is 4.66. The van der Waals surface area contributed by atoms with Crippen molar-refractivity contribution in [3.05, 3.63) is 76.9 Å². The minimum Gasteiger partial charge on any atom is -0.229 e. The molecule has 0 aliphatic carbocycles. The Hall–Kier alpha value is -2.68.